The molecule has 2 heteroatoms. The van der Waals surface area contributed by atoms with Crippen LogP contribution in [0.15, 0.2) is 215 Å². The van der Waals surface area contributed by atoms with Crippen molar-refractivity contribution in [1.29, 1.82) is 0 Å². The second-order valence-corrected chi connectivity index (χ2v) is 16.6. The smallest absolute Gasteiger partial charge is 0.143 e. The molecule has 286 valence electrons. The number of hydrogen-bond donors (Lipinski definition) is 0. The summed E-state index contributed by atoms with van der Waals surface area (Å²) in [5.74, 6) is 0. The normalized spacial score (nSPS) is 12.2. The van der Waals surface area contributed by atoms with E-state index in [9.17, 15) is 0 Å². The maximum Gasteiger partial charge on any atom is 0.143 e. The molecule has 0 saturated carbocycles. The van der Waals surface area contributed by atoms with Crippen LogP contribution in [0.2, 0.25) is 0 Å². The Balaban J connectivity index is 1.17. The van der Waals surface area contributed by atoms with Crippen molar-refractivity contribution in [2.75, 3.05) is 0 Å². The third kappa shape index (κ3) is 4.58. The van der Waals surface area contributed by atoms with Gasteiger partial charge in [0, 0.05) is 32.7 Å². The monoisotopic (exact) mass is 786 g/mol. The van der Waals surface area contributed by atoms with Gasteiger partial charge >= 0.3 is 0 Å². The molecule has 0 amide bonds. The first-order valence-corrected chi connectivity index (χ1v) is 21.3. The summed E-state index contributed by atoms with van der Waals surface area (Å²) in [5, 5.41) is 12.0. The zero-order valence-electron chi connectivity index (χ0n) is 33.4. The standard InChI is InChI=1S/C60H34O2/c1-3-17-37-35(15-1)36-16-2-4-18-38(36)52-34-54-53(33-51(37)52)46-26-12-24-44(49-29-13-27-47-40-20-7-9-31-55(40)61-59(47)49)57(46)42-22-6-5-19-39(42)43-23-11-25-45(58(43)54)50-30-14-28-48-41-21-8-10-32-56(41)62-60(48)50/h1-34H. The molecule has 0 unspecified atom stereocenters. The molecule has 1 aliphatic rings. The minimum Gasteiger partial charge on any atom is -0.455 e. The van der Waals surface area contributed by atoms with Gasteiger partial charge in [-0.2, -0.15) is 0 Å². The van der Waals surface area contributed by atoms with E-state index < -0.39 is 0 Å². The minimum absolute atomic E-state index is 0.893. The number of rotatable bonds is 2. The van der Waals surface area contributed by atoms with E-state index in [1.54, 1.807) is 0 Å². The Morgan fingerprint density at radius 1 is 0.194 bits per heavy atom. The summed E-state index contributed by atoms with van der Waals surface area (Å²) in [6, 6.07) is 75.3. The molecule has 2 aromatic heterocycles. The zero-order valence-corrected chi connectivity index (χ0v) is 33.4. The highest BCUT2D eigenvalue weighted by molar-refractivity contribution is 6.28. The van der Waals surface area contributed by atoms with Crippen molar-refractivity contribution in [3.63, 3.8) is 0 Å². The van der Waals surface area contributed by atoms with Crippen LogP contribution in [0, 0.1) is 0 Å². The molecule has 0 N–H and O–H groups in total. The van der Waals surface area contributed by atoms with Crippen molar-refractivity contribution in [3.8, 4) is 66.8 Å². The van der Waals surface area contributed by atoms with Gasteiger partial charge in [-0.15, -0.1) is 0 Å². The van der Waals surface area contributed by atoms with E-state index in [0.29, 0.717) is 0 Å². The molecule has 0 bridgehead atoms. The minimum atomic E-state index is 0.893. The Morgan fingerprint density at radius 3 is 1.05 bits per heavy atom. The van der Waals surface area contributed by atoms with Gasteiger partial charge in [0.2, 0.25) is 0 Å². The molecule has 2 nitrogen and oxygen atoms in total. The molecule has 62 heavy (non-hydrogen) atoms. The van der Waals surface area contributed by atoms with Crippen molar-refractivity contribution in [2.24, 2.45) is 0 Å². The summed E-state index contributed by atoms with van der Waals surface area (Å²) in [7, 11) is 0. The molecule has 14 rings (SSSR count). The van der Waals surface area contributed by atoms with Crippen LogP contribution in [0.1, 0.15) is 0 Å². The Morgan fingerprint density at radius 2 is 0.516 bits per heavy atom. The van der Waals surface area contributed by atoms with E-state index in [1.807, 2.05) is 6.07 Å². The lowest BCUT2D eigenvalue weighted by molar-refractivity contribution is 0.669. The van der Waals surface area contributed by atoms with Gasteiger partial charge in [0.05, 0.1) is 0 Å². The number of benzene rings is 11. The third-order valence-corrected chi connectivity index (χ3v) is 13.4. The average molecular weight is 787 g/mol. The lowest BCUT2D eigenvalue weighted by Gasteiger charge is -2.27. The highest BCUT2D eigenvalue weighted by atomic mass is 16.3. The van der Waals surface area contributed by atoms with E-state index in [1.165, 1.54) is 76.8 Å². The van der Waals surface area contributed by atoms with Crippen LogP contribution in [-0.2, 0) is 0 Å². The molecular weight excluding hydrogens is 753 g/mol. The van der Waals surface area contributed by atoms with Crippen molar-refractivity contribution >= 4 is 76.2 Å². The summed E-state index contributed by atoms with van der Waals surface area (Å²) in [4.78, 5) is 0. The highest BCUT2D eigenvalue weighted by Gasteiger charge is 2.29. The number of para-hydroxylation sites is 4. The summed E-state index contributed by atoms with van der Waals surface area (Å²) in [6.07, 6.45) is 0. The first kappa shape index (κ1) is 33.6. The van der Waals surface area contributed by atoms with E-state index in [-0.39, 0.29) is 0 Å². The van der Waals surface area contributed by atoms with Crippen LogP contribution in [0.3, 0.4) is 0 Å². The third-order valence-electron chi connectivity index (χ3n) is 13.4. The molecular formula is C60H34O2. The van der Waals surface area contributed by atoms with E-state index in [2.05, 4.69) is 200 Å². The predicted octanol–water partition coefficient (Wildman–Crippen LogP) is 17.3. The van der Waals surface area contributed by atoms with E-state index in [4.69, 9.17) is 8.83 Å². The van der Waals surface area contributed by atoms with Gasteiger partial charge in [0.15, 0.2) is 0 Å². The Labute approximate surface area is 356 Å². The summed E-state index contributed by atoms with van der Waals surface area (Å²) in [5.41, 5.74) is 17.5. The lowest BCUT2D eigenvalue weighted by Crippen LogP contribution is -2.01. The van der Waals surface area contributed by atoms with Gasteiger partial charge in [0.25, 0.3) is 0 Å². The van der Waals surface area contributed by atoms with Crippen molar-refractivity contribution < 1.29 is 8.83 Å². The molecule has 13 aromatic rings. The molecule has 11 aromatic carbocycles. The fourth-order valence-electron chi connectivity index (χ4n) is 10.8. The van der Waals surface area contributed by atoms with Crippen LogP contribution in [0.4, 0.5) is 0 Å². The van der Waals surface area contributed by atoms with Gasteiger partial charge < -0.3 is 8.83 Å². The summed E-state index contributed by atoms with van der Waals surface area (Å²) < 4.78 is 13.5. The lowest BCUT2D eigenvalue weighted by atomic mass is 9.75. The molecule has 2 heterocycles. The topological polar surface area (TPSA) is 26.3 Å². The summed E-state index contributed by atoms with van der Waals surface area (Å²) >= 11 is 0. The van der Waals surface area contributed by atoms with Crippen LogP contribution in [0.5, 0.6) is 0 Å². The maximum atomic E-state index is 6.79. The van der Waals surface area contributed by atoms with Crippen molar-refractivity contribution in [2.45, 2.75) is 0 Å². The number of furan rings is 2. The highest BCUT2D eigenvalue weighted by Crippen LogP contribution is 2.55. The molecule has 0 aliphatic heterocycles. The Bertz CT molecular complexity index is 4050. The van der Waals surface area contributed by atoms with Crippen LogP contribution >= 0.6 is 0 Å². The quantitative estimate of drug-likeness (QED) is 0.163. The van der Waals surface area contributed by atoms with Crippen LogP contribution in [-0.4, -0.2) is 0 Å². The first-order valence-electron chi connectivity index (χ1n) is 21.3. The van der Waals surface area contributed by atoms with E-state index >= 15 is 0 Å². The van der Waals surface area contributed by atoms with Gasteiger partial charge in [-0.1, -0.05) is 182 Å². The van der Waals surface area contributed by atoms with Crippen LogP contribution in [0.25, 0.3) is 143 Å². The zero-order chi connectivity index (χ0) is 40.5. The van der Waals surface area contributed by atoms with E-state index in [0.717, 1.165) is 66.1 Å². The largest absolute Gasteiger partial charge is 0.455 e. The second kappa shape index (κ2) is 12.7. The van der Waals surface area contributed by atoms with Crippen molar-refractivity contribution in [3.05, 3.63) is 206 Å². The Kier molecular flexibility index (Phi) is 6.86. The average Bonchev–Trinajstić information content (AvgIpc) is 3.92. The number of fused-ring (bicyclic) bond motifs is 20. The first-order chi connectivity index (χ1) is 30.8. The second-order valence-electron chi connectivity index (χ2n) is 16.6. The molecule has 0 spiro atoms. The number of hydrogen-bond acceptors (Lipinski definition) is 2. The molecule has 0 atom stereocenters. The predicted molar refractivity (Wildman–Crippen MR) is 260 cm³/mol. The van der Waals surface area contributed by atoms with Gasteiger partial charge in [-0.05, 0) is 112 Å². The van der Waals surface area contributed by atoms with Crippen LogP contribution < -0.4 is 0 Å². The fraction of sp³-hybridized carbons (Fsp3) is 0. The van der Waals surface area contributed by atoms with Gasteiger partial charge in [-0.25, -0.2) is 0 Å². The van der Waals surface area contributed by atoms with Gasteiger partial charge in [-0.3, -0.25) is 0 Å². The van der Waals surface area contributed by atoms with Gasteiger partial charge in [0.1, 0.15) is 22.3 Å². The SMILES string of the molecule is c1ccc2c(c1)-c1cccc(-c3cccc4c3oc3ccccc34)c1-c1cc3c4ccccc4c4ccccc4c3cc1-c1cccc(-c3cccc4c3oc3ccccc34)c1-2. The van der Waals surface area contributed by atoms with Crippen molar-refractivity contribution in [1.82, 2.24) is 0 Å². The Hall–Kier alpha value is -8.20. The molecule has 0 saturated heterocycles. The maximum absolute atomic E-state index is 6.79. The summed E-state index contributed by atoms with van der Waals surface area (Å²) in [6.45, 7) is 0. The molecule has 0 radical (unpaired) electrons. The molecule has 1 aliphatic carbocycles. The fourth-order valence-corrected chi connectivity index (χ4v) is 10.8. The molecule has 0 fully saturated rings.